The van der Waals surface area contributed by atoms with Crippen LogP contribution in [0.3, 0.4) is 0 Å². The molecule has 1 aliphatic carbocycles. The zero-order valence-corrected chi connectivity index (χ0v) is 10.4. The van der Waals surface area contributed by atoms with E-state index >= 15 is 0 Å². The first-order valence-corrected chi connectivity index (χ1v) is 5.83. The van der Waals surface area contributed by atoms with Crippen molar-refractivity contribution < 1.29 is 4.79 Å². The number of likely N-dealkylation sites (N-methyl/N-ethyl adjacent to an activating group) is 1. The molecule has 0 heterocycles. The molecule has 0 aromatic rings. The number of nitrogens with one attached hydrogen (secondary N) is 1. The maximum absolute atomic E-state index is 10.3. The van der Waals surface area contributed by atoms with Crippen LogP contribution >= 0.6 is 0 Å². The van der Waals surface area contributed by atoms with Crippen LogP contribution < -0.4 is 11.1 Å². The van der Waals surface area contributed by atoms with Gasteiger partial charge in [-0.25, -0.2) is 0 Å². The number of nitrogens with two attached hydrogens (primary N) is 1. The van der Waals surface area contributed by atoms with E-state index in [2.05, 4.69) is 35.0 Å². The molecular formula is C13H21N3O. The van der Waals surface area contributed by atoms with Crippen molar-refractivity contribution in [1.82, 2.24) is 10.2 Å². The molecule has 17 heavy (non-hydrogen) atoms. The molecule has 1 aliphatic rings. The lowest BCUT2D eigenvalue weighted by atomic mass is 10.1. The molecule has 0 radical (unpaired) electrons. The number of allylic oxidation sites excluding steroid dienone is 1. The predicted octanol–water partition coefficient (Wildman–Crippen LogP) is 0.782. The largest absolute Gasteiger partial charge is 0.401 e. The fourth-order valence-corrected chi connectivity index (χ4v) is 1.70. The molecule has 0 fully saturated rings. The first kappa shape index (κ1) is 13.5. The lowest BCUT2D eigenvalue weighted by Crippen LogP contribution is -2.32. The van der Waals surface area contributed by atoms with Gasteiger partial charge in [0.1, 0.15) is 6.29 Å². The van der Waals surface area contributed by atoms with Crippen molar-refractivity contribution >= 4 is 6.29 Å². The van der Waals surface area contributed by atoms with Crippen molar-refractivity contribution in [2.75, 3.05) is 20.1 Å². The number of hydrogen-bond acceptors (Lipinski definition) is 4. The second-order valence-corrected chi connectivity index (χ2v) is 4.27. The molecule has 0 spiro atoms. The van der Waals surface area contributed by atoms with E-state index < -0.39 is 0 Å². The third-order valence-corrected chi connectivity index (χ3v) is 2.76. The van der Waals surface area contributed by atoms with Crippen LogP contribution in [0.5, 0.6) is 0 Å². The molecule has 1 atom stereocenters. The maximum Gasteiger partial charge on any atom is 0.121 e. The lowest BCUT2D eigenvalue weighted by Gasteiger charge is -2.26. The third kappa shape index (κ3) is 4.87. The Kier molecular flexibility index (Phi) is 5.49. The van der Waals surface area contributed by atoms with Crippen LogP contribution in [-0.2, 0) is 4.79 Å². The summed E-state index contributed by atoms with van der Waals surface area (Å²) in [4.78, 5) is 12.5. The molecule has 0 amide bonds. The average Bonchev–Trinajstić information content (AvgIpc) is 2.34. The Bertz CT molecular complexity index is 334. The summed E-state index contributed by atoms with van der Waals surface area (Å²) in [6.45, 7) is 5.04. The Morgan fingerprint density at radius 1 is 1.76 bits per heavy atom. The van der Waals surface area contributed by atoms with E-state index in [1.807, 2.05) is 7.05 Å². The van der Waals surface area contributed by atoms with Crippen LogP contribution in [0.4, 0.5) is 0 Å². The van der Waals surface area contributed by atoms with Crippen LogP contribution in [0.15, 0.2) is 36.2 Å². The zero-order chi connectivity index (χ0) is 12.7. The summed E-state index contributed by atoms with van der Waals surface area (Å²) < 4.78 is 0. The zero-order valence-electron chi connectivity index (χ0n) is 10.4. The summed E-state index contributed by atoms with van der Waals surface area (Å²) in [5, 5.41) is 3.20. The Morgan fingerprint density at radius 2 is 2.53 bits per heavy atom. The number of carbonyl (C=O) groups is 1. The van der Waals surface area contributed by atoms with Gasteiger partial charge >= 0.3 is 0 Å². The van der Waals surface area contributed by atoms with Gasteiger partial charge in [-0.05, 0) is 19.5 Å². The number of nitrogens with zero attached hydrogens (tertiary/aromatic N) is 1. The van der Waals surface area contributed by atoms with Gasteiger partial charge in [-0.15, -0.1) is 0 Å². The monoisotopic (exact) mass is 235 g/mol. The van der Waals surface area contributed by atoms with Crippen LogP contribution in [-0.4, -0.2) is 37.4 Å². The fourth-order valence-electron chi connectivity index (χ4n) is 1.70. The topological polar surface area (TPSA) is 58.4 Å². The maximum atomic E-state index is 10.3. The van der Waals surface area contributed by atoms with Gasteiger partial charge in [-0.1, -0.05) is 18.7 Å². The van der Waals surface area contributed by atoms with Gasteiger partial charge in [0.05, 0.1) is 6.54 Å². The Hall–Kier alpha value is -1.55. The summed E-state index contributed by atoms with van der Waals surface area (Å²) in [7, 11) is 2.03. The highest BCUT2D eigenvalue weighted by Gasteiger charge is 2.13. The van der Waals surface area contributed by atoms with Gasteiger partial charge in [0.15, 0.2) is 0 Å². The van der Waals surface area contributed by atoms with E-state index in [-0.39, 0.29) is 0 Å². The molecule has 0 aromatic heterocycles. The number of hydrogen-bond donors (Lipinski definition) is 2. The van der Waals surface area contributed by atoms with Crippen molar-refractivity contribution in [2.24, 2.45) is 5.73 Å². The van der Waals surface area contributed by atoms with Crippen LogP contribution in [0.1, 0.15) is 12.8 Å². The van der Waals surface area contributed by atoms with Crippen LogP contribution in [0, 0.1) is 0 Å². The van der Waals surface area contributed by atoms with Gasteiger partial charge < -0.3 is 15.8 Å². The van der Waals surface area contributed by atoms with Crippen molar-refractivity contribution in [3.8, 4) is 0 Å². The first-order valence-electron chi connectivity index (χ1n) is 5.83. The molecule has 0 bridgehead atoms. The smallest absolute Gasteiger partial charge is 0.121 e. The van der Waals surface area contributed by atoms with Gasteiger partial charge in [0.2, 0.25) is 0 Å². The highest BCUT2D eigenvalue weighted by molar-refractivity contribution is 5.49. The second kappa shape index (κ2) is 6.91. The van der Waals surface area contributed by atoms with E-state index in [1.165, 1.54) is 0 Å². The quantitative estimate of drug-likeness (QED) is 0.640. The van der Waals surface area contributed by atoms with E-state index in [1.54, 1.807) is 0 Å². The number of carbonyl (C=O) groups excluding carboxylic acids is 1. The van der Waals surface area contributed by atoms with Crippen molar-refractivity contribution in [3.63, 3.8) is 0 Å². The van der Waals surface area contributed by atoms with Gasteiger partial charge in [-0.3, -0.25) is 4.90 Å². The highest BCUT2D eigenvalue weighted by Crippen LogP contribution is 2.13. The molecule has 4 nitrogen and oxygen atoms in total. The first-order chi connectivity index (χ1) is 8.13. The Morgan fingerprint density at radius 3 is 3.06 bits per heavy atom. The number of rotatable bonds is 7. The molecule has 1 rings (SSSR count). The van der Waals surface area contributed by atoms with E-state index in [9.17, 15) is 4.79 Å². The van der Waals surface area contributed by atoms with Gasteiger partial charge in [-0.2, -0.15) is 0 Å². The summed E-state index contributed by atoms with van der Waals surface area (Å²) >= 11 is 0. The second-order valence-electron chi connectivity index (χ2n) is 4.27. The van der Waals surface area contributed by atoms with Crippen LogP contribution in [0.25, 0.3) is 0 Å². The number of aldehydes is 1. The molecule has 94 valence electrons. The molecule has 0 aromatic carbocycles. The summed E-state index contributed by atoms with van der Waals surface area (Å²) in [6, 6.07) is 0.376. The minimum atomic E-state index is 0.376. The summed E-state index contributed by atoms with van der Waals surface area (Å²) in [5.74, 6) is 0. The Balaban J connectivity index is 2.36. The Labute approximate surface area is 103 Å². The van der Waals surface area contributed by atoms with Crippen LogP contribution in [0.2, 0.25) is 0 Å². The normalized spacial score (nSPS) is 18.9. The molecular weight excluding hydrogens is 214 g/mol. The fraction of sp³-hybridized carbons (Fsp3) is 0.462. The lowest BCUT2D eigenvalue weighted by molar-refractivity contribution is -0.108. The molecule has 4 heteroatoms. The third-order valence-electron chi connectivity index (χ3n) is 2.76. The minimum Gasteiger partial charge on any atom is -0.401 e. The van der Waals surface area contributed by atoms with E-state index in [4.69, 9.17) is 5.73 Å². The van der Waals surface area contributed by atoms with E-state index in [0.29, 0.717) is 24.7 Å². The van der Waals surface area contributed by atoms with Gasteiger partial charge in [0.25, 0.3) is 0 Å². The predicted molar refractivity (Wildman–Crippen MR) is 70.3 cm³/mol. The molecule has 1 unspecified atom stereocenters. The summed E-state index contributed by atoms with van der Waals surface area (Å²) in [6.07, 6.45) is 8.83. The average molecular weight is 235 g/mol. The molecule has 0 aliphatic heterocycles. The van der Waals surface area contributed by atoms with Crippen molar-refractivity contribution in [2.45, 2.75) is 18.9 Å². The SMILES string of the molecule is C=C(N)CNC1=CCC(N(C)CCC=O)C=C1. The summed E-state index contributed by atoms with van der Waals surface area (Å²) in [5.41, 5.74) is 7.20. The minimum absolute atomic E-state index is 0.376. The van der Waals surface area contributed by atoms with Gasteiger partial charge in [0, 0.05) is 30.4 Å². The standard InChI is InChI=1S/C13H21N3O/c1-11(14)10-15-12-4-6-13(7-5-12)16(2)8-3-9-17/h4-6,9,13,15H,1,3,7-8,10,14H2,2H3. The molecule has 0 saturated heterocycles. The molecule has 3 N–H and O–H groups in total. The highest BCUT2D eigenvalue weighted by atomic mass is 16.1. The van der Waals surface area contributed by atoms with Crippen molar-refractivity contribution in [3.05, 3.63) is 36.2 Å². The van der Waals surface area contributed by atoms with E-state index in [0.717, 1.165) is 24.9 Å². The molecule has 0 saturated carbocycles. The van der Waals surface area contributed by atoms with Crippen molar-refractivity contribution in [1.29, 1.82) is 0 Å².